The van der Waals surface area contributed by atoms with E-state index in [4.69, 9.17) is 15.4 Å². The number of carbonyl (C=O) groups is 1. The third-order valence-electron chi connectivity index (χ3n) is 2.56. The van der Waals surface area contributed by atoms with Gasteiger partial charge in [-0.15, -0.1) is 0 Å². The highest BCUT2D eigenvalue weighted by atomic mass is 16.5. The normalized spacial score (nSPS) is 11.4. The summed E-state index contributed by atoms with van der Waals surface area (Å²) < 4.78 is 5.45. The highest BCUT2D eigenvalue weighted by Gasteiger charge is 2.11. The van der Waals surface area contributed by atoms with Gasteiger partial charge in [0.25, 0.3) is 0 Å². The molecule has 1 N–H and O–H groups in total. The zero-order valence-electron chi connectivity index (χ0n) is 10.8. The Bertz CT molecular complexity index is 453. The number of benzene rings is 1. The summed E-state index contributed by atoms with van der Waals surface area (Å²) in [5.41, 5.74) is 9.31. The van der Waals surface area contributed by atoms with Crippen LogP contribution in [0.25, 0.3) is 10.4 Å². The van der Waals surface area contributed by atoms with Crippen molar-refractivity contribution in [3.63, 3.8) is 0 Å². The van der Waals surface area contributed by atoms with Crippen LogP contribution in [0.4, 0.5) is 0 Å². The Balaban J connectivity index is 2.73. The van der Waals surface area contributed by atoms with Crippen molar-refractivity contribution in [1.82, 2.24) is 0 Å². The van der Waals surface area contributed by atoms with Crippen molar-refractivity contribution in [1.29, 1.82) is 0 Å². The maximum absolute atomic E-state index is 10.6. The molecule has 0 aromatic heterocycles. The summed E-state index contributed by atoms with van der Waals surface area (Å²) >= 11 is 0. The minimum atomic E-state index is -0.902. The molecule has 0 saturated heterocycles. The molecule has 1 rings (SSSR count). The molecule has 6 nitrogen and oxygen atoms in total. The molecule has 0 heterocycles. The predicted octanol–water partition coefficient (Wildman–Crippen LogP) is 3.69. The highest BCUT2D eigenvalue weighted by molar-refractivity contribution is 5.66. The van der Waals surface area contributed by atoms with E-state index in [0.29, 0.717) is 6.61 Å². The van der Waals surface area contributed by atoms with Crippen LogP contribution in [0.1, 0.15) is 37.8 Å². The van der Waals surface area contributed by atoms with E-state index in [0.717, 1.165) is 17.7 Å². The molecule has 0 radical (unpaired) electrons. The molecule has 0 amide bonds. The Morgan fingerprint density at radius 1 is 1.47 bits per heavy atom. The number of carboxylic acid groups (broad SMARTS) is 1. The number of hydrogen-bond acceptors (Lipinski definition) is 3. The molecule has 0 saturated carbocycles. The average molecular weight is 263 g/mol. The van der Waals surface area contributed by atoms with Crippen LogP contribution in [0, 0.1) is 0 Å². The first-order chi connectivity index (χ1) is 9.17. The predicted molar refractivity (Wildman–Crippen MR) is 71.0 cm³/mol. The van der Waals surface area contributed by atoms with Crippen molar-refractivity contribution in [2.24, 2.45) is 5.11 Å². The summed E-state index contributed by atoms with van der Waals surface area (Å²) in [5, 5.41) is 12.3. The molecule has 0 fully saturated rings. The fraction of sp³-hybridized carbons (Fsp3) is 0.462. The fourth-order valence-corrected chi connectivity index (χ4v) is 1.62. The van der Waals surface area contributed by atoms with Gasteiger partial charge >= 0.3 is 5.97 Å². The van der Waals surface area contributed by atoms with E-state index >= 15 is 0 Å². The Hall–Kier alpha value is -2.20. The molecule has 0 bridgehead atoms. The third kappa shape index (κ3) is 5.31. The Labute approximate surface area is 111 Å². The summed E-state index contributed by atoms with van der Waals surface area (Å²) in [6.07, 6.45) is 1.19. The summed E-state index contributed by atoms with van der Waals surface area (Å²) in [7, 11) is 0. The lowest BCUT2D eigenvalue weighted by molar-refractivity contribution is -0.137. The number of nitrogens with zero attached hydrogens (tertiary/aromatic N) is 3. The van der Waals surface area contributed by atoms with Crippen molar-refractivity contribution in [3.05, 3.63) is 40.3 Å². The van der Waals surface area contributed by atoms with Crippen molar-refractivity contribution >= 4 is 5.97 Å². The molecule has 1 aromatic carbocycles. The molecule has 102 valence electrons. The van der Waals surface area contributed by atoms with E-state index in [-0.39, 0.29) is 12.8 Å². The van der Waals surface area contributed by atoms with E-state index < -0.39 is 12.0 Å². The highest BCUT2D eigenvalue weighted by Crippen LogP contribution is 2.25. The topological polar surface area (TPSA) is 95.3 Å². The maximum atomic E-state index is 10.6. The number of azide groups is 1. The van der Waals surface area contributed by atoms with Gasteiger partial charge in [-0.2, -0.15) is 0 Å². The number of hydrogen-bond donors (Lipinski definition) is 1. The average Bonchev–Trinajstić information content (AvgIpc) is 2.41. The van der Waals surface area contributed by atoms with Crippen LogP contribution in [-0.2, 0) is 4.79 Å². The van der Waals surface area contributed by atoms with Crippen molar-refractivity contribution in [2.45, 2.75) is 32.2 Å². The van der Waals surface area contributed by atoms with Gasteiger partial charge in [0.2, 0.25) is 0 Å². The largest absolute Gasteiger partial charge is 0.494 e. The van der Waals surface area contributed by atoms with E-state index in [1.165, 1.54) is 0 Å². The molecule has 0 aliphatic carbocycles. The number of carboxylic acids is 1. The van der Waals surface area contributed by atoms with Crippen LogP contribution >= 0.6 is 0 Å². The van der Waals surface area contributed by atoms with Gasteiger partial charge in [-0.3, -0.25) is 4.79 Å². The maximum Gasteiger partial charge on any atom is 0.303 e. The second-order valence-electron chi connectivity index (χ2n) is 4.07. The van der Waals surface area contributed by atoms with Crippen molar-refractivity contribution in [2.75, 3.05) is 6.61 Å². The summed E-state index contributed by atoms with van der Waals surface area (Å²) in [6, 6.07) is 6.73. The second-order valence-corrected chi connectivity index (χ2v) is 4.07. The van der Waals surface area contributed by atoms with Gasteiger partial charge in [0.05, 0.1) is 12.6 Å². The van der Waals surface area contributed by atoms with E-state index in [1.54, 1.807) is 24.3 Å². The minimum Gasteiger partial charge on any atom is -0.494 e. The Morgan fingerprint density at radius 2 is 2.16 bits per heavy atom. The van der Waals surface area contributed by atoms with Gasteiger partial charge in [0.1, 0.15) is 5.75 Å². The monoisotopic (exact) mass is 263 g/mol. The lowest BCUT2D eigenvalue weighted by Crippen LogP contribution is -2.01. The van der Waals surface area contributed by atoms with Gasteiger partial charge in [-0.1, -0.05) is 24.2 Å². The van der Waals surface area contributed by atoms with E-state index in [9.17, 15) is 4.79 Å². The molecule has 1 unspecified atom stereocenters. The quantitative estimate of drug-likeness (QED) is 0.440. The van der Waals surface area contributed by atoms with Crippen LogP contribution in [0.2, 0.25) is 0 Å². The molecule has 19 heavy (non-hydrogen) atoms. The molecule has 1 atom stereocenters. The van der Waals surface area contributed by atoms with Gasteiger partial charge in [-0.25, -0.2) is 0 Å². The second kappa shape index (κ2) is 8.00. The third-order valence-corrected chi connectivity index (χ3v) is 2.56. The van der Waals surface area contributed by atoms with Crippen LogP contribution in [0.15, 0.2) is 29.4 Å². The standard InChI is InChI=1S/C13H17N3O3/c1-2-9-19-11-5-3-10(4-6-11)12(15-16-14)7-8-13(17)18/h3-6,12H,2,7-9H2,1H3,(H,17,18). The molecular weight excluding hydrogens is 246 g/mol. The minimum absolute atomic E-state index is 0.0300. The zero-order valence-corrected chi connectivity index (χ0v) is 10.8. The molecular formula is C13H17N3O3. The van der Waals surface area contributed by atoms with Crippen LogP contribution in [0.3, 0.4) is 0 Å². The van der Waals surface area contributed by atoms with Crippen molar-refractivity contribution in [3.8, 4) is 5.75 Å². The van der Waals surface area contributed by atoms with Gasteiger partial charge in [0.15, 0.2) is 0 Å². The van der Waals surface area contributed by atoms with Crippen LogP contribution in [0.5, 0.6) is 5.75 Å². The van der Waals surface area contributed by atoms with Gasteiger partial charge < -0.3 is 9.84 Å². The summed E-state index contributed by atoms with van der Waals surface area (Å²) in [5.74, 6) is -0.149. The van der Waals surface area contributed by atoms with E-state index in [2.05, 4.69) is 10.0 Å². The number of rotatable bonds is 8. The number of aliphatic carboxylic acids is 1. The first-order valence-corrected chi connectivity index (χ1v) is 6.16. The Kier molecular flexibility index (Phi) is 6.26. The lowest BCUT2D eigenvalue weighted by atomic mass is 10.0. The van der Waals surface area contributed by atoms with Gasteiger partial charge in [0, 0.05) is 11.3 Å². The molecule has 0 aliphatic heterocycles. The first-order valence-electron chi connectivity index (χ1n) is 6.16. The Morgan fingerprint density at radius 3 is 2.68 bits per heavy atom. The fourth-order valence-electron chi connectivity index (χ4n) is 1.62. The molecule has 1 aromatic rings. The summed E-state index contributed by atoms with van der Waals surface area (Å²) in [4.78, 5) is 13.3. The zero-order chi connectivity index (χ0) is 14.1. The first kappa shape index (κ1) is 14.9. The molecule has 6 heteroatoms. The van der Waals surface area contributed by atoms with Crippen LogP contribution < -0.4 is 4.74 Å². The van der Waals surface area contributed by atoms with Crippen molar-refractivity contribution < 1.29 is 14.6 Å². The summed E-state index contributed by atoms with van der Waals surface area (Å²) in [6.45, 7) is 2.68. The smallest absolute Gasteiger partial charge is 0.303 e. The van der Waals surface area contributed by atoms with E-state index in [1.807, 2.05) is 6.92 Å². The SMILES string of the molecule is CCCOc1ccc(C(CCC(=O)O)N=[N+]=[N-])cc1. The molecule has 0 spiro atoms. The van der Waals surface area contributed by atoms with Gasteiger partial charge in [-0.05, 0) is 36.1 Å². The number of ether oxygens (including phenoxy) is 1. The van der Waals surface area contributed by atoms with Crippen LogP contribution in [-0.4, -0.2) is 17.7 Å². The molecule has 0 aliphatic rings. The lowest BCUT2D eigenvalue weighted by Gasteiger charge is -2.11.